The Labute approximate surface area is 102 Å². The maximum absolute atomic E-state index is 10.1. The summed E-state index contributed by atoms with van der Waals surface area (Å²) in [6.07, 6.45) is 0.0278. The third-order valence-corrected chi connectivity index (χ3v) is 2.80. The quantitative estimate of drug-likeness (QED) is 0.875. The summed E-state index contributed by atoms with van der Waals surface area (Å²) in [5.74, 6) is 1.47. The first kappa shape index (κ1) is 11.9. The first-order chi connectivity index (χ1) is 8.04. The molecule has 0 spiro atoms. The van der Waals surface area contributed by atoms with Crippen LogP contribution in [-0.4, -0.2) is 5.11 Å². The minimum atomic E-state index is -0.565. The van der Waals surface area contributed by atoms with Crippen LogP contribution in [0.1, 0.15) is 34.3 Å². The van der Waals surface area contributed by atoms with Crippen molar-refractivity contribution in [1.82, 2.24) is 0 Å². The van der Waals surface area contributed by atoms with Gasteiger partial charge in [0.15, 0.2) is 0 Å². The van der Waals surface area contributed by atoms with E-state index in [4.69, 9.17) is 4.42 Å². The van der Waals surface area contributed by atoms with Crippen molar-refractivity contribution in [2.24, 2.45) is 0 Å². The summed E-state index contributed by atoms with van der Waals surface area (Å²) >= 11 is 0. The lowest BCUT2D eigenvalue weighted by atomic mass is 10.0. The standard InChI is InChI=1S/C15H18O2/c1-10-6-11(2)8-13(7-10)9-14(16)15-5-4-12(3)17-15/h4-8,14,16H,9H2,1-3H3. The van der Waals surface area contributed by atoms with E-state index in [0.29, 0.717) is 12.2 Å². The van der Waals surface area contributed by atoms with E-state index < -0.39 is 6.10 Å². The Morgan fingerprint density at radius 1 is 1.06 bits per heavy atom. The first-order valence-electron chi connectivity index (χ1n) is 5.86. The van der Waals surface area contributed by atoms with E-state index in [2.05, 4.69) is 32.0 Å². The Morgan fingerprint density at radius 3 is 2.24 bits per heavy atom. The molecule has 1 N–H and O–H groups in total. The van der Waals surface area contributed by atoms with E-state index in [9.17, 15) is 5.11 Å². The zero-order valence-electron chi connectivity index (χ0n) is 10.5. The van der Waals surface area contributed by atoms with E-state index in [1.807, 2.05) is 19.1 Å². The smallest absolute Gasteiger partial charge is 0.132 e. The van der Waals surface area contributed by atoms with Crippen LogP contribution >= 0.6 is 0 Å². The fourth-order valence-electron chi connectivity index (χ4n) is 2.14. The van der Waals surface area contributed by atoms with Gasteiger partial charge in [-0.3, -0.25) is 0 Å². The molecule has 0 saturated carbocycles. The Hall–Kier alpha value is -1.54. The van der Waals surface area contributed by atoms with Crippen LogP contribution in [0.3, 0.4) is 0 Å². The van der Waals surface area contributed by atoms with Crippen LogP contribution in [0.4, 0.5) is 0 Å². The molecule has 0 fully saturated rings. The van der Waals surface area contributed by atoms with E-state index in [-0.39, 0.29) is 0 Å². The fourth-order valence-corrected chi connectivity index (χ4v) is 2.14. The summed E-state index contributed by atoms with van der Waals surface area (Å²) in [7, 11) is 0. The van der Waals surface area contributed by atoms with Gasteiger partial charge < -0.3 is 9.52 Å². The van der Waals surface area contributed by atoms with Crippen molar-refractivity contribution in [3.05, 3.63) is 58.5 Å². The van der Waals surface area contributed by atoms with Crippen LogP contribution in [0, 0.1) is 20.8 Å². The summed E-state index contributed by atoms with van der Waals surface area (Å²) in [6.45, 7) is 6.02. The van der Waals surface area contributed by atoms with Crippen molar-refractivity contribution in [2.75, 3.05) is 0 Å². The predicted octanol–water partition coefficient (Wildman–Crippen LogP) is 3.48. The van der Waals surface area contributed by atoms with Crippen molar-refractivity contribution >= 4 is 0 Å². The molecule has 90 valence electrons. The van der Waals surface area contributed by atoms with Crippen LogP contribution < -0.4 is 0 Å². The van der Waals surface area contributed by atoms with Gasteiger partial charge in [0.2, 0.25) is 0 Å². The molecule has 2 rings (SSSR count). The van der Waals surface area contributed by atoms with Gasteiger partial charge in [-0.15, -0.1) is 0 Å². The maximum atomic E-state index is 10.1. The highest BCUT2D eigenvalue weighted by Crippen LogP contribution is 2.21. The van der Waals surface area contributed by atoms with Crippen LogP contribution in [0.5, 0.6) is 0 Å². The third kappa shape index (κ3) is 2.98. The Morgan fingerprint density at radius 2 is 1.71 bits per heavy atom. The molecule has 1 aromatic heterocycles. The number of rotatable bonds is 3. The molecule has 1 aromatic carbocycles. The van der Waals surface area contributed by atoms with Gasteiger partial charge in [0, 0.05) is 6.42 Å². The zero-order valence-corrected chi connectivity index (χ0v) is 10.5. The Balaban J connectivity index is 2.15. The predicted molar refractivity (Wildman–Crippen MR) is 68.0 cm³/mol. The highest BCUT2D eigenvalue weighted by Gasteiger charge is 2.12. The Kier molecular flexibility index (Phi) is 3.34. The summed E-state index contributed by atoms with van der Waals surface area (Å²) in [5.41, 5.74) is 3.59. The molecule has 0 saturated heterocycles. The van der Waals surface area contributed by atoms with Crippen molar-refractivity contribution in [3.63, 3.8) is 0 Å². The molecule has 17 heavy (non-hydrogen) atoms. The summed E-state index contributed by atoms with van der Waals surface area (Å²) in [5, 5.41) is 10.1. The number of aryl methyl sites for hydroxylation is 3. The summed E-state index contributed by atoms with van der Waals surface area (Å²) in [6, 6.07) is 10.0. The molecule has 0 aliphatic rings. The molecule has 0 aliphatic carbocycles. The van der Waals surface area contributed by atoms with E-state index >= 15 is 0 Å². The number of aliphatic hydroxyl groups is 1. The lowest BCUT2D eigenvalue weighted by molar-refractivity contribution is 0.149. The topological polar surface area (TPSA) is 33.4 Å². The fraction of sp³-hybridized carbons (Fsp3) is 0.333. The molecule has 0 bridgehead atoms. The third-order valence-electron chi connectivity index (χ3n) is 2.80. The molecule has 1 heterocycles. The van der Waals surface area contributed by atoms with Crippen molar-refractivity contribution < 1.29 is 9.52 Å². The molecule has 2 heteroatoms. The van der Waals surface area contributed by atoms with Crippen LogP contribution in [0.2, 0.25) is 0 Å². The highest BCUT2D eigenvalue weighted by molar-refractivity contribution is 5.29. The lowest BCUT2D eigenvalue weighted by Crippen LogP contribution is -2.01. The molecule has 0 aliphatic heterocycles. The molecular formula is C15H18O2. The second-order valence-corrected chi connectivity index (χ2v) is 4.66. The first-order valence-corrected chi connectivity index (χ1v) is 5.86. The maximum Gasteiger partial charge on any atom is 0.132 e. The summed E-state index contributed by atoms with van der Waals surface area (Å²) in [4.78, 5) is 0. The second-order valence-electron chi connectivity index (χ2n) is 4.66. The van der Waals surface area contributed by atoms with Gasteiger partial charge in [-0.2, -0.15) is 0 Å². The van der Waals surface area contributed by atoms with Gasteiger partial charge in [0.05, 0.1) is 0 Å². The van der Waals surface area contributed by atoms with Crippen molar-refractivity contribution in [1.29, 1.82) is 0 Å². The van der Waals surface area contributed by atoms with E-state index in [1.54, 1.807) is 0 Å². The molecule has 2 aromatic rings. The summed E-state index contributed by atoms with van der Waals surface area (Å²) < 4.78 is 5.43. The SMILES string of the molecule is Cc1cc(C)cc(CC(O)c2ccc(C)o2)c1. The number of aliphatic hydroxyl groups excluding tert-OH is 1. The van der Waals surface area contributed by atoms with Crippen LogP contribution in [-0.2, 0) is 6.42 Å². The second kappa shape index (κ2) is 4.76. The molecule has 1 unspecified atom stereocenters. The van der Waals surface area contributed by atoms with Gasteiger partial charge in [-0.1, -0.05) is 29.3 Å². The largest absolute Gasteiger partial charge is 0.464 e. The normalized spacial score (nSPS) is 12.7. The molecule has 0 amide bonds. The highest BCUT2D eigenvalue weighted by atomic mass is 16.4. The number of benzene rings is 1. The van der Waals surface area contributed by atoms with Gasteiger partial charge in [0.25, 0.3) is 0 Å². The van der Waals surface area contributed by atoms with Crippen LogP contribution in [0.15, 0.2) is 34.7 Å². The van der Waals surface area contributed by atoms with E-state index in [0.717, 1.165) is 11.3 Å². The van der Waals surface area contributed by atoms with E-state index in [1.165, 1.54) is 11.1 Å². The number of hydrogen-bond donors (Lipinski definition) is 1. The van der Waals surface area contributed by atoms with Crippen LogP contribution in [0.25, 0.3) is 0 Å². The Bertz CT molecular complexity index is 491. The molecule has 2 nitrogen and oxygen atoms in total. The lowest BCUT2D eigenvalue weighted by Gasteiger charge is -2.09. The molecular weight excluding hydrogens is 212 g/mol. The van der Waals surface area contributed by atoms with Gasteiger partial charge in [-0.05, 0) is 38.5 Å². The van der Waals surface area contributed by atoms with Gasteiger partial charge in [-0.25, -0.2) is 0 Å². The van der Waals surface area contributed by atoms with Crippen molar-refractivity contribution in [2.45, 2.75) is 33.3 Å². The minimum absolute atomic E-state index is 0.565. The average molecular weight is 230 g/mol. The number of furan rings is 1. The zero-order chi connectivity index (χ0) is 12.4. The molecule has 1 atom stereocenters. The molecule has 0 radical (unpaired) electrons. The monoisotopic (exact) mass is 230 g/mol. The minimum Gasteiger partial charge on any atom is -0.464 e. The van der Waals surface area contributed by atoms with Gasteiger partial charge in [0.1, 0.15) is 17.6 Å². The average Bonchev–Trinajstić information content (AvgIpc) is 2.63. The van der Waals surface area contributed by atoms with Crippen molar-refractivity contribution in [3.8, 4) is 0 Å². The number of hydrogen-bond acceptors (Lipinski definition) is 2. The van der Waals surface area contributed by atoms with Gasteiger partial charge >= 0.3 is 0 Å².